The standard InChI is InChI=1S/C15H16N2O2S/c1-9-16-13-8-11(4-7-14(13)20-9)17-15(19)10-2-5-12(18)6-3-10/h4,7-8,10H,2-3,5-6H2,1H3,(H,17,19). The van der Waals surface area contributed by atoms with Gasteiger partial charge in [-0.3, -0.25) is 9.59 Å². The van der Waals surface area contributed by atoms with Gasteiger partial charge in [0, 0.05) is 24.4 Å². The molecule has 1 N–H and O–H groups in total. The third kappa shape index (κ3) is 2.72. The van der Waals surface area contributed by atoms with E-state index < -0.39 is 0 Å². The first-order chi connectivity index (χ1) is 9.61. The van der Waals surface area contributed by atoms with Gasteiger partial charge in [-0.2, -0.15) is 0 Å². The second kappa shape index (κ2) is 5.32. The van der Waals surface area contributed by atoms with Gasteiger partial charge in [-0.15, -0.1) is 11.3 Å². The third-order valence-electron chi connectivity index (χ3n) is 3.68. The topological polar surface area (TPSA) is 59.1 Å². The predicted octanol–water partition coefficient (Wildman–Crippen LogP) is 3.30. The van der Waals surface area contributed by atoms with E-state index in [0.717, 1.165) is 20.9 Å². The number of thiazole rings is 1. The number of Topliss-reactive ketones (excluding diaryl/α,β-unsaturated/α-hetero) is 1. The number of aryl methyl sites for hydroxylation is 1. The molecule has 0 unspecified atom stereocenters. The summed E-state index contributed by atoms with van der Waals surface area (Å²) in [6, 6.07) is 5.80. The van der Waals surface area contributed by atoms with Crippen LogP contribution in [0.1, 0.15) is 30.7 Å². The summed E-state index contributed by atoms with van der Waals surface area (Å²) in [4.78, 5) is 27.8. The van der Waals surface area contributed by atoms with E-state index in [2.05, 4.69) is 10.3 Å². The maximum Gasteiger partial charge on any atom is 0.227 e. The Kier molecular flexibility index (Phi) is 3.53. The largest absolute Gasteiger partial charge is 0.326 e. The molecule has 1 amide bonds. The number of rotatable bonds is 2. The minimum Gasteiger partial charge on any atom is -0.326 e. The van der Waals surface area contributed by atoms with Crippen molar-refractivity contribution < 1.29 is 9.59 Å². The van der Waals surface area contributed by atoms with E-state index >= 15 is 0 Å². The zero-order valence-corrected chi connectivity index (χ0v) is 12.1. The summed E-state index contributed by atoms with van der Waals surface area (Å²) in [5.74, 6) is 0.248. The van der Waals surface area contributed by atoms with Gasteiger partial charge in [0.15, 0.2) is 0 Å². The average Bonchev–Trinajstić information content (AvgIpc) is 2.78. The second-order valence-corrected chi connectivity index (χ2v) is 6.45. The van der Waals surface area contributed by atoms with Crippen LogP contribution >= 0.6 is 11.3 Å². The van der Waals surface area contributed by atoms with E-state index in [0.29, 0.717) is 25.7 Å². The van der Waals surface area contributed by atoms with Crippen molar-refractivity contribution in [2.45, 2.75) is 32.6 Å². The highest BCUT2D eigenvalue weighted by atomic mass is 32.1. The van der Waals surface area contributed by atoms with Gasteiger partial charge in [-0.05, 0) is 38.0 Å². The Hall–Kier alpha value is -1.75. The Morgan fingerprint density at radius 1 is 1.35 bits per heavy atom. The summed E-state index contributed by atoms with van der Waals surface area (Å²) in [6.45, 7) is 1.97. The fraction of sp³-hybridized carbons (Fsp3) is 0.400. The molecule has 0 radical (unpaired) electrons. The molecule has 5 heteroatoms. The molecule has 104 valence electrons. The van der Waals surface area contributed by atoms with Crippen molar-refractivity contribution in [3.05, 3.63) is 23.2 Å². The Morgan fingerprint density at radius 2 is 2.10 bits per heavy atom. The molecule has 1 saturated carbocycles. The van der Waals surface area contributed by atoms with Crippen molar-refractivity contribution >= 4 is 38.9 Å². The van der Waals surface area contributed by atoms with Crippen LogP contribution in [0.3, 0.4) is 0 Å². The number of carbonyl (C=O) groups excluding carboxylic acids is 2. The van der Waals surface area contributed by atoms with Crippen LogP contribution in [-0.4, -0.2) is 16.7 Å². The normalized spacial score (nSPS) is 16.6. The third-order valence-corrected chi connectivity index (χ3v) is 4.63. The van der Waals surface area contributed by atoms with Crippen LogP contribution < -0.4 is 5.32 Å². The van der Waals surface area contributed by atoms with Gasteiger partial charge in [0.05, 0.1) is 15.2 Å². The summed E-state index contributed by atoms with van der Waals surface area (Å²) < 4.78 is 1.13. The molecule has 3 rings (SSSR count). The van der Waals surface area contributed by atoms with Crippen LogP contribution in [0.15, 0.2) is 18.2 Å². The SMILES string of the molecule is Cc1nc2cc(NC(=O)C3CCC(=O)CC3)ccc2s1. The van der Waals surface area contributed by atoms with Crippen LogP contribution in [0.4, 0.5) is 5.69 Å². The summed E-state index contributed by atoms with van der Waals surface area (Å²) in [5, 5.41) is 3.96. The molecule has 0 spiro atoms. The molecule has 0 bridgehead atoms. The Labute approximate surface area is 121 Å². The quantitative estimate of drug-likeness (QED) is 0.922. The van der Waals surface area contributed by atoms with Crippen molar-refractivity contribution in [1.82, 2.24) is 4.98 Å². The first-order valence-electron chi connectivity index (χ1n) is 6.81. The highest BCUT2D eigenvalue weighted by Gasteiger charge is 2.24. The van der Waals surface area contributed by atoms with Gasteiger partial charge in [-0.25, -0.2) is 4.98 Å². The van der Waals surface area contributed by atoms with E-state index in [1.165, 1.54) is 0 Å². The molecule has 0 atom stereocenters. The molecular weight excluding hydrogens is 272 g/mol. The van der Waals surface area contributed by atoms with Gasteiger partial charge in [0.25, 0.3) is 0 Å². The fourth-order valence-corrected chi connectivity index (χ4v) is 3.37. The highest BCUT2D eigenvalue weighted by Crippen LogP contribution is 2.26. The van der Waals surface area contributed by atoms with Gasteiger partial charge < -0.3 is 5.32 Å². The first kappa shape index (κ1) is 13.2. The number of ketones is 1. The van der Waals surface area contributed by atoms with E-state index in [9.17, 15) is 9.59 Å². The van der Waals surface area contributed by atoms with Crippen LogP contribution in [-0.2, 0) is 9.59 Å². The van der Waals surface area contributed by atoms with Crippen LogP contribution in [0, 0.1) is 12.8 Å². The number of benzene rings is 1. The Bertz CT molecular complexity index is 668. The van der Waals surface area contributed by atoms with Crippen LogP contribution in [0.25, 0.3) is 10.2 Å². The first-order valence-corrected chi connectivity index (χ1v) is 7.63. The maximum atomic E-state index is 12.2. The van der Waals surface area contributed by atoms with Gasteiger partial charge in [0.1, 0.15) is 5.78 Å². The van der Waals surface area contributed by atoms with Crippen molar-refractivity contribution in [3.63, 3.8) is 0 Å². The zero-order valence-electron chi connectivity index (χ0n) is 11.3. The molecule has 0 saturated heterocycles. The molecule has 1 aromatic heterocycles. The van der Waals surface area contributed by atoms with E-state index in [1.807, 2.05) is 25.1 Å². The maximum absolute atomic E-state index is 12.2. The molecule has 1 aliphatic rings. The summed E-state index contributed by atoms with van der Waals surface area (Å²) in [7, 11) is 0. The Morgan fingerprint density at radius 3 is 2.85 bits per heavy atom. The number of nitrogens with one attached hydrogen (secondary N) is 1. The highest BCUT2D eigenvalue weighted by molar-refractivity contribution is 7.18. The molecule has 20 heavy (non-hydrogen) atoms. The number of carbonyl (C=O) groups is 2. The molecule has 1 aliphatic carbocycles. The molecule has 2 aromatic rings. The lowest BCUT2D eigenvalue weighted by Gasteiger charge is -2.20. The minimum absolute atomic E-state index is 0.0174. The van der Waals surface area contributed by atoms with Gasteiger partial charge in [-0.1, -0.05) is 0 Å². The molecule has 0 aliphatic heterocycles. The number of fused-ring (bicyclic) bond motifs is 1. The number of hydrogen-bond acceptors (Lipinski definition) is 4. The number of hydrogen-bond donors (Lipinski definition) is 1. The van der Waals surface area contributed by atoms with Crippen LogP contribution in [0.5, 0.6) is 0 Å². The number of aromatic nitrogens is 1. The smallest absolute Gasteiger partial charge is 0.227 e. The number of nitrogens with zero attached hydrogens (tertiary/aromatic N) is 1. The zero-order chi connectivity index (χ0) is 14.1. The van der Waals surface area contributed by atoms with Crippen molar-refractivity contribution in [1.29, 1.82) is 0 Å². The van der Waals surface area contributed by atoms with Gasteiger partial charge >= 0.3 is 0 Å². The predicted molar refractivity (Wildman–Crippen MR) is 80.0 cm³/mol. The van der Waals surface area contributed by atoms with E-state index in [-0.39, 0.29) is 17.6 Å². The van der Waals surface area contributed by atoms with Crippen molar-refractivity contribution in [2.24, 2.45) is 5.92 Å². The van der Waals surface area contributed by atoms with Crippen LogP contribution in [0.2, 0.25) is 0 Å². The van der Waals surface area contributed by atoms with E-state index in [4.69, 9.17) is 0 Å². The molecular formula is C15H16N2O2S. The Balaban J connectivity index is 1.72. The number of amides is 1. The minimum atomic E-state index is -0.0411. The second-order valence-electron chi connectivity index (χ2n) is 5.22. The lowest BCUT2D eigenvalue weighted by atomic mass is 9.88. The lowest BCUT2D eigenvalue weighted by molar-refractivity contribution is -0.125. The molecule has 4 nitrogen and oxygen atoms in total. The summed E-state index contributed by atoms with van der Waals surface area (Å²) in [6.07, 6.45) is 2.40. The van der Waals surface area contributed by atoms with Gasteiger partial charge in [0.2, 0.25) is 5.91 Å². The monoisotopic (exact) mass is 288 g/mol. The molecule has 1 heterocycles. The molecule has 1 fully saturated rings. The lowest BCUT2D eigenvalue weighted by Crippen LogP contribution is -2.27. The van der Waals surface area contributed by atoms with E-state index in [1.54, 1.807) is 11.3 Å². The molecule has 1 aromatic carbocycles. The average molecular weight is 288 g/mol. The fourth-order valence-electron chi connectivity index (χ4n) is 2.57. The van der Waals surface area contributed by atoms with Crippen molar-refractivity contribution in [2.75, 3.05) is 5.32 Å². The summed E-state index contributed by atoms with van der Waals surface area (Å²) in [5.41, 5.74) is 1.70. The summed E-state index contributed by atoms with van der Waals surface area (Å²) >= 11 is 1.65. The van der Waals surface area contributed by atoms with Crippen molar-refractivity contribution in [3.8, 4) is 0 Å². The number of anilines is 1.